The van der Waals surface area contributed by atoms with Crippen molar-refractivity contribution in [3.8, 4) is 28.7 Å². The van der Waals surface area contributed by atoms with E-state index in [4.69, 9.17) is 0 Å². The minimum absolute atomic E-state index is 0.00213. The largest absolute Gasteiger partial charge is 0.433 e. The number of aromatic nitrogens is 4. The number of alkyl halides is 3. The van der Waals surface area contributed by atoms with Crippen LogP contribution in [0.5, 0.6) is 0 Å². The van der Waals surface area contributed by atoms with Crippen LogP contribution in [0.15, 0.2) is 53.7 Å². The maximum Gasteiger partial charge on any atom is 0.433 e. The Morgan fingerprint density at radius 1 is 1.12 bits per heavy atom. The molecule has 11 heteroatoms. The molecule has 0 aliphatic carbocycles. The topological polar surface area (TPSA) is 102 Å². The Bertz CT molecular complexity index is 1540. The lowest BCUT2D eigenvalue weighted by Crippen LogP contribution is -2.09. The predicted molar refractivity (Wildman–Crippen MR) is 115 cm³/mol. The minimum atomic E-state index is -4.64. The fourth-order valence-electron chi connectivity index (χ4n) is 3.44. The van der Waals surface area contributed by atoms with Crippen LogP contribution in [-0.2, 0) is 23.1 Å². The molecule has 0 unspecified atom stereocenters. The first kappa shape index (κ1) is 22.4. The molecule has 168 valence electrons. The quantitative estimate of drug-likeness (QED) is 0.438. The van der Waals surface area contributed by atoms with Crippen molar-refractivity contribution >= 4 is 20.9 Å². The lowest BCUT2D eigenvalue weighted by Gasteiger charge is -2.12. The van der Waals surface area contributed by atoms with E-state index in [1.54, 1.807) is 31.3 Å². The highest BCUT2D eigenvalue weighted by atomic mass is 32.2. The van der Waals surface area contributed by atoms with Crippen LogP contribution in [0.1, 0.15) is 18.2 Å². The van der Waals surface area contributed by atoms with Gasteiger partial charge in [-0.2, -0.15) is 18.4 Å². The maximum absolute atomic E-state index is 13.1. The van der Waals surface area contributed by atoms with E-state index in [1.165, 1.54) is 23.8 Å². The zero-order valence-electron chi connectivity index (χ0n) is 17.4. The van der Waals surface area contributed by atoms with Crippen molar-refractivity contribution in [2.75, 3.05) is 5.75 Å². The molecule has 0 fully saturated rings. The maximum atomic E-state index is 13.1. The number of halogens is 3. The molecule has 0 radical (unpaired) electrons. The van der Waals surface area contributed by atoms with Gasteiger partial charge in [-0.05, 0) is 18.2 Å². The summed E-state index contributed by atoms with van der Waals surface area (Å²) < 4.78 is 66.5. The van der Waals surface area contributed by atoms with Gasteiger partial charge in [-0.3, -0.25) is 4.98 Å². The van der Waals surface area contributed by atoms with E-state index >= 15 is 0 Å². The number of pyridine rings is 2. The van der Waals surface area contributed by atoms with Gasteiger partial charge in [0.25, 0.3) is 0 Å². The van der Waals surface area contributed by atoms with Gasteiger partial charge in [-0.15, -0.1) is 0 Å². The van der Waals surface area contributed by atoms with Gasteiger partial charge in [0.05, 0.1) is 39.5 Å². The molecule has 0 aliphatic rings. The predicted octanol–water partition coefficient (Wildman–Crippen LogP) is 4.38. The minimum Gasteiger partial charge on any atom is -0.324 e. The van der Waals surface area contributed by atoms with Gasteiger partial charge >= 0.3 is 6.18 Å². The molecule has 0 saturated carbocycles. The van der Waals surface area contributed by atoms with Crippen LogP contribution in [0.2, 0.25) is 0 Å². The number of hydrogen-bond acceptors (Lipinski definition) is 6. The number of hydrogen-bond donors (Lipinski definition) is 0. The van der Waals surface area contributed by atoms with Crippen LogP contribution in [-0.4, -0.2) is 33.7 Å². The molecule has 0 atom stereocenters. The number of aryl methyl sites for hydroxylation is 1. The number of rotatable bonds is 4. The summed E-state index contributed by atoms with van der Waals surface area (Å²) in [6.45, 7) is 1.48. The first-order valence-corrected chi connectivity index (χ1v) is 11.3. The summed E-state index contributed by atoms with van der Waals surface area (Å²) in [6.07, 6.45) is -2.18. The molecule has 0 aliphatic heterocycles. The molecule has 33 heavy (non-hydrogen) atoms. The second-order valence-electron chi connectivity index (χ2n) is 7.18. The number of nitrogens with zero attached hydrogens (tertiary/aromatic N) is 5. The average Bonchev–Trinajstić information content (AvgIpc) is 3.13. The molecular formula is C22H16F3N5O2S. The molecule has 7 nitrogen and oxygen atoms in total. The van der Waals surface area contributed by atoms with E-state index in [1.807, 2.05) is 0 Å². The van der Waals surface area contributed by atoms with Crippen molar-refractivity contribution in [2.24, 2.45) is 7.05 Å². The fourth-order valence-corrected chi connectivity index (χ4v) is 4.50. The van der Waals surface area contributed by atoms with Crippen molar-refractivity contribution < 1.29 is 21.6 Å². The Morgan fingerprint density at radius 3 is 2.52 bits per heavy atom. The van der Waals surface area contributed by atoms with Gasteiger partial charge < -0.3 is 4.57 Å². The van der Waals surface area contributed by atoms with Crippen LogP contribution in [0.3, 0.4) is 0 Å². The molecule has 3 heterocycles. The number of fused-ring (bicyclic) bond motifs is 1. The standard InChI is InChI=1S/C22H16F3N5O2S/c1-3-33(31,32)18-8-14(15-7-5-4-6-13(15)10-26)11-28-20(18)21-29-16-9-19(22(23,24)25)27-12-17(16)30(21)2/h4-9,11-12H,3H2,1-2H3. The zero-order chi connectivity index (χ0) is 24.0. The number of sulfone groups is 1. The monoisotopic (exact) mass is 471 g/mol. The third-order valence-electron chi connectivity index (χ3n) is 5.20. The van der Waals surface area contributed by atoms with Crippen molar-refractivity contribution in [2.45, 2.75) is 18.0 Å². The van der Waals surface area contributed by atoms with Crippen LogP contribution >= 0.6 is 0 Å². The van der Waals surface area contributed by atoms with Gasteiger partial charge in [0.15, 0.2) is 15.7 Å². The van der Waals surface area contributed by atoms with E-state index in [-0.39, 0.29) is 27.7 Å². The Morgan fingerprint density at radius 2 is 1.85 bits per heavy atom. The Kier molecular flexibility index (Phi) is 5.41. The lowest BCUT2D eigenvalue weighted by atomic mass is 10.0. The zero-order valence-corrected chi connectivity index (χ0v) is 18.2. The summed E-state index contributed by atoms with van der Waals surface area (Å²) in [4.78, 5) is 11.9. The SMILES string of the molecule is CCS(=O)(=O)c1cc(-c2ccccc2C#N)cnc1-c1nc2cc(C(F)(F)F)ncc2n1C. The van der Waals surface area contributed by atoms with Gasteiger partial charge in [-0.25, -0.2) is 18.4 Å². The summed E-state index contributed by atoms with van der Waals surface area (Å²) in [6, 6.07) is 11.0. The molecule has 0 amide bonds. The molecule has 4 aromatic rings. The van der Waals surface area contributed by atoms with Crippen molar-refractivity contribution in [1.29, 1.82) is 5.26 Å². The molecule has 0 saturated heterocycles. The van der Waals surface area contributed by atoms with Gasteiger partial charge in [0, 0.05) is 24.4 Å². The molecule has 4 rings (SSSR count). The van der Waals surface area contributed by atoms with E-state index in [0.29, 0.717) is 22.2 Å². The van der Waals surface area contributed by atoms with Crippen molar-refractivity contribution in [3.63, 3.8) is 0 Å². The highest BCUT2D eigenvalue weighted by Gasteiger charge is 2.33. The van der Waals surface area contributed by atoms with Gasteiger partial charge in [0.2, 0.25) is 0 Å². The number of imidazole rings is 1. The van der Waals surface area contributed by atoms with Crippen LogP contribution in [0, 0.1) is 11.3 Å². The van der Waals surface area contributed by atoms with Crippen molar-refractivity contribution in [3.05, 3.63) is 60.0 Å². The van der Waals surface area contributed by atoms with Crippen molar-refractivity contribution in [1.82, 2.24) is 19.5 Å². The summed E-state index contributed by atoms with van der Waals surface area (Å²) in [7, 11) is -2.26. The summed E-state index contributed by atoms with van der Waals surface area (Å²) in [5.74, 6) is -0.146. The Balaban J connectivity index is 1.97. The summed E-state index contributed by atoms with van der Waals surface area (Å²) in [5, 5.41) is 9.40. The van der Waals surface area contributed by atoms with E-state index in [2.05, 4.69) is 21.0 Å². The van der Waals surface area contributed by atoms with E-state index in [0.717, 1.165) is 12.3 Å². The third-order valence-corrected chi connectivity index (χ3v) is 6.94. The second kappa shape index (κ2) is 7.97. The van der Waals surface area contributed by atoms with Crippen LogP contribution in [0.25, 0.3) is 33.7 Å². The molecule has 0 bridgehead atoms. The smallest absolute Gasteiger partial charge is 0.324 e. The normalized spacial score (nSPS) is 12.1. The Hall–Kier alpha value is -3.78. The molecule has 3 aromatic heterocycles. The highest BCUT2D eigenvalue weighted by Crippen LogP contribution is 2.34. The summed E-state index contributed by atoms with van der Waals surface area (Å²) in [5.41, 5.74) is 0.479. The molecule has 0 spiro atoms. The van der Waals surface area contributed by atoms with E-state index < -0.39 is 21.7 Å². The lowest BCUT2D eigenvalue weighted by molar-refractivity contribution is -0.141. The second-order valence-corrected chi connectivity index (χ2v) is 9.43. The highest BCUT2D eigenvalue weighted by molar-refractivity contribution is 7.91. The first-order chi connectivity index (χ1) is 15.6. The molecule has 1 aromatic carbocycles. The van der Waals surface area contributed by atoms with Gasteiger partial charge in [-0.1, -0.05) is 25.1 Å². The number of benzene rings is 1. The first-order valence-electron chi connectivity index (χ1n) is 9.69. The molecular weight excluding hydrogens is 455 g/mol. The number of nitriles is 1. The average molecular weight is 471 g/mol. The van der Waals surface area contributed by atoms with Gasteiger partial charge in [0.1, 0.15) is 11.4 Å². The van der Waals surface area contributed by atoms with Crippen LogP contribution < -0.4 is 0 Å². The molecule has 0 N–H and O–H groups in total. The van der Waals surface area contributed by atoms with Crippen LogP contribution in [0.4, 0.5) is 13.2 Å². The summed E-state index contributed by atoms with van der Waals surface area (Å²) >= 11 is 0. The third kappa shape index (κ3) is 3.93. The van der Waals surface area contributed by atoms with E-state index in [9.17, 15) is 26.9 Å². The Labute approximate surface area is 187 Å². The fraction of sp³-hybridized carbons (Fsp3) is 0.182.